The van der Waals surface area contributed by atoms with Gasteiger partial charge in [0.2, 0.25) is 0 Å². The summed E-state index contributed by atoms with van der Waals surface area (Å²) in [6, 6.07) is 3.13. The highest BCUT2D eigenvalue weighted by atomic mass is 32.2. The molecule has 1 rings (SSSR count). The number of ether oxygens (including phenoxy) is 2. The fraction of sp³-hybridized carbons (Fsp3) is 0.500. The Bertz CT molecular complexity index is 480. The van der Waals surface area contributed by atoms with Crippen molar-refractivity contribution in [1.82, 2.24) is 0 Å². The average molecular weight is 273 g/mol. The standard InChI is InChI=1S/C12H18O5S/c1-4-9-7-10(16-5-2)12(18(13,14)15)11(8-9)17-6-3/h7-8H,4-6H2,1-3H3,(H,13,14,15)/p-1. The Hall–Kier alpha value is -1.27. The second-order valence-corrected chi connectivity index (χ2v) is 4.91. The van der Waals surface area contributed by atoms with E-state index in [0.717, 1.165) is 5.56 Å². The van der Waals surface area contributed by atoms with Crippen LogP contribution in [0.1, 0.15) is 26.3 Å². The smallest absolute Gasteiger partial charge is 0.140 e. The summed E-state index contributed by atoms with van der Waals surface area (Å²) in [5, 5.41) is 0. The SMILES string of the molecule is CCOc1cc(CC)cc(OCC)c1S(=O)(=O)[O-]. The van der Waals surface area contributed by atoms with Crippen molar-refractivity contribution in [3.8, 4) is 11.5 Å². The maximum Gasteiger partial charge on any atom is 0.140 e. The second-order valence-electron chi connectivity index (χ2n) is 3.59. The van der Waals surface area contributed by atoms with E-state index in [4.69, 9.17) is 9.47 Å². The number of aryl methyl sites for hydroxylation is 1. The molecule has 0 bridgehead atoms. The monoisotopic (exact) mass is 273 g/mol. The normalized spacial score (nSPS) is 11.3. The summed E-state index contributed by atoms with van der Waals surface area (Å²) >= 11 is 0. The number of rotatable bonds is 6. The molecule has 6 heteroatoms. The van der Waals surface area contributed by atoms with Crippen LogP contribution < -0.4 is 9.47 Å². The van der Waals surface area contributed by atoms with Crippen LogP contribution in [-0.2, 0) is 16.5 Å². The van der Waals surface area contributed by atoms with Gasteiger partial charge in [-0.15, -0.1) is 0 Å². The van der Waals surface area contributed by atoms with Gasteiger partial charge in [-0.25, -0.2) is 8.42 Å². The van der Waals surface area contributed by atoms with Crippen molar-refractivity contribution in [2.75, 3.05) is 13.2 Å². The van der Waals surface area contributed by atoms with Crippen LogP contribution in [0.2, 0.25) is 0 Å². The molecule has 0 atom stereocenters. The first kappa shape index (κ1) is 14.8. The Labute approximate surface area is 107 Å². The van der Waals surface area contributed by atoms with Gasteiger partial charge in [-0.2, -0.15) is 0 Å². The summed E-state index contributed by atoms with van der Waals surface area (Å²) in [7, 11) is -4.63. The molecule has 102 valence electrons. The van der Waals surface area contributed by atoms with Crippen LogP contribution in [0.4, 0.5) is 0 Å². The third kappa shape index (κ3) is 3.36. The van der Waals surface area contributed by atoms with Crippen LogP contribution in [-0.4, -0.2) is 26.2 Å². The minimum Gasteiger partial charge on any atom is -0.744 e. The minimum absolute atomic E-state index is 0.0651. The lowest BCUT2D eigenvalue weighted by atomic mass is 10.1. The predicted molar refractivity (Wildman–Crippen MR) is 66.1 cm³/mol. The van der Waals surface area contributed by atoms with Gasteiger partial charge in [-0.1, -0.05) is 6.92 Å². The molecule has 0 aliphatic rings. The van der Waals surface area contributed by atoms with Crippen LogP contribution in [0, 0.1) is 0 Å². The molecule has 0 unspecified atom stereocenters. The first-order valence-corrected chi connectivity index (χ1v) is 7.23. The zero-order chi connectivity index (χ0) is 13.8. The van der Waals surface area contributed by atoms with E-state index in [1.165, 1.54) is 0 Å². The van der Waals surface area contributed by atoms with Gasteiger partial charge in [0.05, 0.1) is 13.2 Å². The van der Waals surface area contributed by atoms with Crippen molar-refractivity contribution >= 4 is 10.1 Å². The molecular formula is C12H17O5S-. The zero-order valence-corrected chi connectivity index (χ0v) is 11.5. The van der Waals surface area contributed by atoms with E-state index in [9.17, 15) is 13.0 Å². The van der Waals surface area contributed by atoms with Gasteiger partial charge in [-0.05, 0) is 38.0 Å². The van der Waals surface area contributed by atoms with Crippen molar-refractivity contribution in [1.29, 1.82) is 0 Å². The Balaban J connectivity index is 3.50. The molecule has 5 nitrogen and oxygen atoms in total. The maximum atomic E-state index is 11.3. The van der Waals surface area contributed by atoms with Gasteiger partial charge >= 0.3 is 0 Å². The highest BCUT2D eigenvalue weighted by Gasteiger charge is 2.18. The van der Waals surface area contributed by atoms with E-state index in [-0.39, 0.29) is 24.7 Å². The molecule has 0 radical (unpaired) electrons. The summed E-state index contributed by atoms with van der Waals surface area (Å²) in [5.41, 5.74) is 0.856. The van der Waals surface area contributed by atoms with Gasteiger partial charge in [-0.3, -0.25) is 0 Å². The minimum atomic E-state index is -4.63. The summed E-state index contributed by atoms with van der Waals surface area (Å²) in [4.78, 5) is -0.414. The topological polar surface area (TPSA) is 75.7 Å². The van der Waals surface area contributed by atoms with E-state index in [0.29, 0.717) is 6.42 Å². The fourth-order valence-corrected chi connectivity index (χ4v) is 2.34. The fourth-order valence-electron chi connectivity index (χ4n) is 1.61. The van der Waals surface area contributed by atoms with Gasteiger partial charge < -0.3 is 14.0 Å². The van der Waals surface area contributed by atoms with Crippen LogP contribution in [0.15, 0.2) is 17.0 Å². The molecule has 1 aromatic carbocycles. The number of hydrogen-bond acceptors (Lipinski definition) is 5. The van der Waals surface area contributed by atoms with Crippen LogP contribution in [0.25, 0.3) is 0 Å². The number of hydrogen-bond donors (Lipinski definition) is 0. The number of benzene rings is 1. The van der Waals surface area contributed by atoms with Gasteiger partial charge in [0, 0.05) is 0 Å². The first-order chi connectivity index (χ1) is 8.43. The molecule has 0 aliphatic heterocycles. The third-order valence-electron chi connectivity index (χ3n) is 2.34. The first-order valence-electron chi connectivity index (χ1n) is 5.82. The molecule has 18 heavy (non-hydrogen) atoms. The van der Waals surface area contributed by atoms with Crippen molar-refractivity contribution in [3.63, 3.8) is 0 Å². The van der Waals surface area contributed by atoms with Crippen LogP contribution in [0.5, 0.6) is 11.5 Å². The van der Waals surface area contributed by atoms with Crippen molar-refractivity contribution in [2.24, 2.45) is 0 Å². The van der Waals surface area contributed by atoms with E-state index in [1.54, 1.807) is 26.0 Å². The van der Waals surface area contributed by atoms with Crippen molar-refractivity contribution < 1.29 is 22.4 Å². The Morgan fingerprint density at radius 1 is 1.06 bits per heavy atom. The quantitative estimate of drug-likeness (QED) is 0.740. The van der Waals surface area contributed by atoms with E-state index in [1.807, 2.05) is 6.92 Å². The third-order valence-corrected chi connectivity index (χ3v) is 3.24. The van der Waals surface area contributed by atoms with E-state index < -0.39 is 15.0 Å². The summed E-state index contributed by atoms with van der Waals surface area (Å²) < 4.78 is 44.4. The second kappa shape index (κ2) is 6.06. The molecule has 0 N–H and O–H groups in total. The Morgan fingerprint density at radius 2 is 1.50 bits per heavy atom. The molecular weight excluding hydrogens is 256 g/mol. The van der Waals surface area contributed by atoms with Gasteiger partial charge in [0.15, 0.2) is 0 Å². The highest BCUT2D eigenvalue weighted by molar-refractivity contribution is 7.86. The molecule has 0 heterocycles. The summed E-state index contributed by atoms with van der Waals surface area (Å²) in [6.45, 7) is 5.93. The largest absolute Gasteiger partial charge is 0.744 e. The maximum absolute atomic E-state index is 11.3. The lowest BCUT2D eigenvalue weighted by Crippen LogP contribution is -2.08. The zero-order valence-electron chi connectivity index (χ0n) is 10.7. The van der Waals surface area contributed by atoms with Gasteiger partial charge in [0.1, 0.15) is 26.5 Å². The molecule has 0 aromatic heterocycles. The predicted octanol–water partition coefficient (Wildman–Crippen LogP) is 1.95. The highest BCUT2D eigenvalue weighted by Crippen LogP contribution is 2.35. The van der Waals surface area contributed by atoms with Crippen LogP contribution in [0.3, 0.4) is 0 Å². The molecule has 1 aromatic rings. The summed E-state index contributed by atoms with van der Waals surface area (Å²) in [6.07, 6.45) is 0.694. The van der Waals surface area contributed by atoms with Crippen molar-refractivity contribution in [3.05, 3.63) is 17.7 Å². The Kier molecular flexibility index (Phi) is 4.98. The Morgan fingerprint density at radius 3 is 1.78 bits per heavy atom. The molecule has 0 amide bonds. The molecule has 0 saturated carbocycles. The molecule has 0 saturated heterocycles. The van der Waals surface area contributed by atoms with Crippen molar-refractivity contribution in [2.45, 2.75) is 32.1 Å². The lowest BCUT2D eigenvalue weighted by molar-refractivity contribution is 0.303. The van der Waals surface area contributed by atoms with E-state index >= 15 is 0 Å². The van der Waals surface area contributed by atoms with Crippen LogP contribution >= 0.6 is 0 Å². The molecule has 0 aliphatic carbocycles. The van der Waals surface area contributed by atoms with E-state index in [2.05, 4.69) is 0 Å². The summed E-state index contributed by atoms with van der Waals surface area (Å²) in [5.74, 6) is 0.130. The average Bonchev–Trinajstić information content (AvgIpc) is 2.27. The molecule has 0 spiro atoms. The lowest BCUT2D eigenvalue weighted by Gasteiger charge is -2.18. The molecule has 0 fully saturated rings. The van der Waals surface area contributed by atoms with Gasteiger partial charge in [0.25, 0.3) is 0 Å².